The Bertz CT molecular complexity index is 757. The number of oxazole rings is 1. The molecule has 0 atom stereocenters. The number of carbonyl (C=O) groups is 2. The normalized spacial score (nSPS) is 14.0. The Kier molecular flexibility index (Phi) is 3.95. The third-order valence-electron chi connectivity index (χ3n) is 3.51. The van der Waals surface area contributed by atoms with Gasteiger partial charge in [0, 0.05) is 6.54 Å². The Balaban J connectivity index is 1.55. The van der Waals surface area contributed by atoms with Gasteiger partial charge in [0.1, 0.15) is 6.54 Å². The van der Waals surface area contributed by atoms with Crippen molar-refractivity contribution in [2.75, 3.05) is 13.2 Å². The van der Waals surface area contributed by atoms with E-state index in [1.807, 2.05) is 0 Å². The maximum Gasteiger partial charge on any atom is 0.420 e. The topological polar surface area (TPSA) is 90.5 Å². The van der Waals surface area contributed by atoms with Gasteiger partial charge in [0.05, 0.1) is 5.52 Å². The number of fused-ring (bicyclic) bond motifs is 1. The van der Waals surface area contributed by atoms with Crippen LogP contribution in [0.2, 0.25) is 0 Å². The standard InChI is InChI=1S/C15H16N2O5/c18-13(16-7-10-5-6-10)9-21-14(19)8-17-11-3-1-2-4-12(11)22-15(17)20/h1-4,10H,5-9H2,(H,16,18). The minimum atomic E-state index is -0.657. The molecule has 0 saturated heterocycles. The third-order valence-corrected chi connectivity index (χ3v) is 3.51. The lowest BCUT2D eigenvalue weighted by atomic mass is 10.3. The van der Waals surface area contributed by atoms with Crippen LogP contribution in [-0.2, 0) is 20.9 Å². The van der Waals surface area contributed by atoms with Gasteiger partial charge in [-0.25, -0.2) is 4.79 Å². The van der Waals surface area contributed by atoms with Crippen LogP contribution in [0.15, 0.2) is 33.5 Å². The van der Waals surface area contributed by atoms with E-state index in [1.165, 1.54) is 4.57 Å². The predicted molar refractivity (Wildman–Crippen MR) is 77.2 cm³/mol. The summed E-state index contributed by atoms with van der Waals surface area (Å²) in [5.41, 5.74) is 0.921. The molecule has 3 rings (SSSR count). The van der Waals surface area contributed by atoms with Crippen LogP contribution in [0.25, 0.3) is 11.1 Å². The molecular weight excluding hydrogens is 288 g/mol. The number of carbonyl (C=O) groups excluding carboxylic acids is 2. The molecule has 0 radical (unpaired) electrons. The second-order valence-corrected chi connectivity index (χ2v) is 5.33. The fourth-order valence-corrected chi connectivity index (χ4v) is 2.12. The molecule has 1 aromatic carbocycles. The maximum absolute atomic E-state index is 11.8. The van der Waals surface area contributed by atoms with Crippen molar-refractivity contribution in [3.05, 3.63) is 34.8 Å². The van der Waals surface area contributed by atoms with Crippen LogP contribution in [0.4, 0.5) is 0 Å². The van der Waals surface area contributed by atoms with Crippen LogP contribution in [0.3, 0.4) is 0 Å². The number of rotatable bonds is 6. The molecule has 1 fully saturated rings. The minimum Gasteiger partial charge on any atom is -0.454 e. The quantitative estimate of drug-likeness (QED) is 0.792. The van der Waals surface area contributed by atoms with E-state index < -0.39 is 11.7 Å². The van der Waals surface area contributed by atoms with Crippen LogP contribution >= 0.6 is 0 Å². The van der Waals surface area contributed by atoms with Gasteiger partial charge in [0.2, 0.25) is 0 Å². The summed E-state index contributed by atoms with van der Waals surface area (Å²) in [7, 11) is 0. The number of hydrogen-bond donors (Lipinski definition) is 1. The molecular formula is C15H16N2O5. The Morgan fingerprint density at radius 3 is 2.86 bits per heavy atom. The average molecular weight is 304 g/mol. The first-order valence-electron chi connectivity index (χ1n) is 7.14. The second-order valence-electron chi connectivity index (χ2n) is 5.33. The summed E-state index contributed by atoms with van der Waals surface area (Å²) in [5, 5.41) is 2.70. The number of ether oxygens (including phenoxy) is 1. The first-order valence-corrected chi connectivity index (χ1v) is 7.14. The predicted octanol–water partition coefficient (Wildman–Crippen LogP) is 0.664. The van der Waals surface area contributed by atoms with Gasteiger partial charge < -0.3 is 14.5 Å². The monoisotopic (exact) mass is 304 g/mol. The van der Waals surface area contributed by atoms with Gasteiger partial charge >= 0.3 is 11.7 Å². The molecule has 1 aliphatic rings. The zero-order valence-corrected chi connectivity index (χ0v) is 11.9. The number of amides is 1. The minimum absolute atomic E-state index is 0.286. The molecule has 1 saturated carbocycles. The van der Waals surface area contributed by atoms with E-state index in [0.29, 0.717) is 23.6 Å². The molecule has 1 heterocycles. The van der Waals surface area contributed by atoms with Crippen LogP contribution in [0, 0.1) is 5.92 Å². The molecule has 7 nitrogen and oxygen atoms in total. The van der Waals surface area contributed by atoms with Crippen molar-refractivity contribution in [2.24, 2.45) is 5.92 Å². The van der Waals surface area contributed by atoms with E-state index in [-0.39, 0.29) is 19.1 Å². The van der Waals surface area contributed by atoms with E-state index in [0.717, 1.165) is 12.8 Å². The molecule has 2 aromatic rings. The summed E-state index contributed by atoms with van der Waals surface area (Å²) in [5.74, 6) is -1.05. The zero-order valence-electron chi connectivity index (χ0n) is 11.9. The average Bonchev–Trinajstić information content (AvgIpc) is 3.28. The maximum atomic E-state index is 11.8. The van der Waals surface area contributed by atoms with E-state index in [1.54, 1.807) is 24.3 Å². The Hall–Kier alpha value is -2.57. The van der Waals surface area contributed by atoms with Gasteiger partial charge in [-0.3, -0.25) is 14.2 Å². The number of hydrogen-bond acceptors (Lipinski definition) is 5. The second kappa shape index (κ2) is 6.05. The van der Waals surface area contributed by atoms with Crippen molar-refractivity contribution >= 4 is 23.0 Å². The van der Waals surface area contributed by atoms with Gasteiger partial charge in [0.25, 0.3) is 5.91 Å². The molecule has 1 aromatic heterocycles. The van der Waals surface area contributed by atoms with E-state index in [9.17, 15) is 14.4 Å². The molecule has 22 heavy (non-hydrogen) atoms. The Morgan fingerprint density at radius 1 is 1.32 bits per heavy atom. The lowest BCUT2D eigenvalue weighted by Crippen LogP contribution is -2.31. The summed E-state index contributed by atoms with van der Waals surface area (Å²) >= 11 is 0. The van der Waals surface area contributed by atoms with Crippen LogP contribution < -0.4 is 11.1 Å². The van der Waals surface area contributed by atoms with Crippen molar-refractivity contribution in [2.45, 2.75) is 19.4 Å². The summed E-state index contributed by atoms with van der Waals surface area (Å²) < 4.78 is 11.1. The van der Waals surface area contributed by atoms with Gasteiger partial charge in [0.15, 0.2) is 12.2 Å². The highest BCUT2D eigenvalue weighted by atomic mass is 16.5. The van der Waals surface area contributed by atoms with E-state index in [2.05, 4.69) is 5.32 Å². The molecule has 0 unspecified atom stereocenters. The van der Waals surface area contributed by atoms with E-state index >= 15 is 0 Å². The first kappa shape index (κ1) is 14.4. The molecule has 0 bridgehead atoms. The highest BCUT2D eigenvalue weighted by molar-refractivity contribution is 5.81. The van der Waals surface area contributed by atoms with E-state index in [4.69, 9.17) is 9.15 Å². The highest BCUT2D eigenvalue weighted by Gasteiger charge is 2.22. The number of esters is 1. The Morgan fingerprint density at radius 2 is 2.09 bits per heavy atom. The molecule has 7 heteroatoms. The number of para-hydroxylation sites is 2. The number of nitrogens with one attached hydrogen (secondary N) is 1. The fraction of sp³-hybridized carbons (Fsp3) is 0.400. The van der Waals surface area contributed by atoms with Crippen LogP contribution in [-0.4, -0.2) is 29.6 Å². The molecule has 1 N–H and O–H groups in total. The Labute approximate surface area is 125 Å². The summed E-state index contributed by atoms with van der Waals surface area (Å²) in [6, 6.07) is 6.79. The summed E-state index contributed by atoms with van der Waals surface area (Å²) in [6.45, 7) is 0.00402. The van der Waals surface area contributed by atoms with Crippen LogP contribution in [0.5, 0.6) is 0 Å². The lowest BCUT2D eigenvalue weighted by molar-refractivity contribution is -0.149. The molecule has 0 aliphatic heterocycles. The van der Waals surface area contributed by atoms with Gasteiger partial charge in [-0.05, 0) is 30.9 Å². The number of nitrogens with zero attached hydrogens (tertiary/aromatic N) is 1. The van der Waals surface area contributed by atoms with Crippen molar-refractivity contribution < 1.29 is 18.7 Å². The van der Waals surface area contributed by atoms with Crippen molar-refractivity contribution in [1.29, 1.82) is 0 Å². The van der Waals surface area contributed by atoms with Gasteiger partial charge in [-0.2, -0.15) is 0 Å². The number of aromatic nitrogens is 1. The molecule has 1 aliphatic carbocycles. The smallest absolute Gasteiger partial charge is 0.420 e. The molecule has 1 amide bonds. The van der Waals surface area contributed by atoms with Crippen LogP contribution in [0.1, 0.15) is 12.8 Å². The summed E-state index contributed by atoms with van der Waals surface area (Å²) in [4.78, 5) is 34.9. The lowest BCUT2D eigenvalue weighted by Gasteiger charge is -2.06. The molecule has 0 spiro atoms. The van der Waals surface area contributed by atoms with Crippen molar-refractivity contribution in [3.8, 4) is 0 Å². The fourth-order valence-electron chi connectivity index (χ4n) is 2.12. The third kappa shape index (κ3) is 3.36. The highest BCUT2D eigenvalue weighted by Crippen LogP contribution is 2.27. The van der Waals surface area contributed by atoms with Gasteiger partial charge in [-0.15, -0.1) is 0 Å². The zero-order chi connectivity index (χ0) is 15.5. The van der Waals surface area contributed by atoms with Crippen molar-refractivity contribution in [3.63, 3.8) is 0 Å². The largest absolute Gasteiger partial charge is 0.454 e. The number of benzene rings is 1. The van der Waals surface area contributed by atoms with Crippen molar-refractivity contribution in [1.82, 2.24) is 9.88 Å². The SMILES string of the molecule is O=C(COC(=O)Cn1c(=O)oc2ccccc21)NCC1CC1. The summed E-state index contributed by atoms with van der Waals surface area (Å²) in [6.07, 6.45) is 2.27. The van der Waals surface area contributed by atoms with Gasteiger partial charge in [-0.1, -0.05) is 12.1 Å². The first-order chi connectivity index (χ1) is 10.6. The molecule has 116 valence electrons.